The van der Waals surface area contributed by atoms with Gasteiger partial charge >= 0.3 is 0 Å². The molecule has 2 rings (SSSR count). The van der Waals surface area contributed by atoms with Crippen LogP contribution in [-0.4, -0.2) is 25.8 Å². The molecule has 0 radical (unpaired) electrons. The van der Waals surface area contributed by atoms with Crippen LogP contribution in [0.5, 0.6) is 0 Å². The molecule has 1 unspecified atom stereocenters. The highest BCUT2D eigenvalue weighted by atomic mass is 35.5. The largest absolute Gasteiger partial charge is 0.381 e. The van der Waals surface area contributed by atoms with Gasteiger partial charge in [0.05, 0.1) is 5.02 Å². The number of nitrogens with one attached hydrogen (secondary N) is 1. The molecule has 118 valence electrons. The van der Waals surface area contributed by atoms with Gasteiger partial charge < -0.3 is 10.1 Å². The first kappa shape index (κ1) is 16.7. The van der Waals surface area contributed by atoms with Gasteiger partial charge in [0.25, 0.3) is 0 Å². The van der Waals surface area contributed by atoms with Crippen LogP contribution < -0.4 is 5.32 Å². The van der Waals surface area contributed by atoms with Crippen LogP contribution in [0, 0.1) is 11.7 Å². The molecule has 1 aromatic carbocycles. The minimum atomic E-state index is -0.269. The van der Waals surface area contributed by atoms with Gasteiger partial charge in [0.15, 0.2) is 0 Å². The second-order valence-electron chi connectivity index (χ2n) is 5.86. The second kappa shape index (κ2) is 8.72. The molecule has 0 saturated carbocycles. The third-order valence-corrected chi connectivity index (χ3v) is 4.43. The van der Waals surface area contributed by atoms with Crippen LogP contribution in [0.15, 0.2) is 18.2 Å². The van der Waals surface area contributed by atoms with Gasteiger partial charge in [-0.2, -0.15) is 0 Å². The first-order valence-corrected chi connectivity index (χ1v) is 8.32. The summed E-state index contributed by atoms with van der Waals surface area (Å²) in [5.74, 6) is 0.407. The fourth-order valence-corrected chi connectivity index (χ4v) is 3.14. The van der Waals surface area contributed by atoms with Crippen LogP contribution in [0.25, 0.3) is 0 Å². The van der Waals surface area contributed by atoms with E-state index in [2.05, 4.69) is 12.2 Å². The summed E-state index contributed by atoms with van der Waals surface area (Å²) in [7, 11) is 0. The molecule has 2 nitrogen and oxygen atoms in total. The third kappa shape index (κ3) is 5.24. The second-order valence-corrected chi connectivity index (χ2v) is 6.27. The lowest BCUT2D eigenvalue weighted by atomic mass is 9.89. The molecule has 4 heteroatoms. The summed E-state index contributed by atoms with van der Waals surface area (Å²) in [5, 5.41) is 3.78. The minimum Gasteiger partial charge on any atom is -0.381 e. The van der Waals surface area contributed by atoms with Crippen LogP contribution in [0.2, 0.25) is 5.02 Å². The molecule has 1 aliphatic heterocycles. The van der Waals surface area contributed by atoms with Gasteiger partial charge in [-0.15, -0.1) is 0 Å². The van der Waals surface area contributed by atoms with Crippen molar-refractivity contribution in [3.8, 4) is 0 Å². The maximum atomic E-state index is 14.1. The summed E-state index contributed by atoms with van der Waals surface area (Å²) in [5.41, 5.74) is 0.711. The molecule has 0 aliphatic carbocycles. The van der Waals surface area contributed by atoms with Crippen LogP contribution in [0.1, 0.15) is 38.2 Å². The lowest BCUT2D eigenvalue weighted by Gasteiger charge is -2.27. The topological polar surface area (TPSA) is 21.3 Å². The van der Waals surface area contributed by atoms with Gasteiger partial charge in [-0.3, -0.25) is 0 Å². The molecule has 0 aromatic heterocycles. The van der Waals surface area contributed by atoms with Gasteiger partial charge in [-0.1, -0.05) is 30.7 Å². The summed E-state index contributed by atoms with van der Waals surface area (Å²) in [6.07, 6.45) is 5.09. The Labute approximate surface area is 132 Å². The van der Waals surface area contributed by atoms with Gasteiger partial charge in [-0.05, 0) is 56.2 Å². The lowest BCUT2D eigenvalue weighted by Crippen LogP contribution is -2.35. The Kier molecular flexibility index (Phi) is 6.94. The zero-order chi connectivity index (χ0) is 15.1. The summed E-state index contributed by atoms with van der Waals surface area (Å²) in [6, 6.07) is 5.58. The van der Waals surface area contributed by atoms with Crippen molar-refractivity contribution in [2.45, 2.75) is 45.1 Å². The molecule has 1 saturated heterocycles. The molecule has 1 heterocycles. The molecule has 0 bridgehead atoms. The molecule has 21 heavy (non-hydrogen) atoms. The normalized spacial score (nSPS) is 17.9. The Morgan fingerprint density at radius 3 is 2.86 bits per heavy atom. The first-order chi connectivity index (χ1) is 10.2. The van der Waals surface area contributed by atoms with E-state index >= 15 is 0 Å². The summed E-state index contributed by atoms with van der Waals surface area (Å²) >= 11 is 5.88. The summed E-state index contributed by atoms with van der Waals surface area (Å²) in [4.78, 5) is 0. The first-order valence-electron chi connectivity index (χ1n) is 7.94. The third-order valence-electron chi connectivity index (χ3n) is 4.14. The van der Waals surface area contributed by atoms with Crippen LogP contribution in [-0.2, 0) is 11.2 Å². The molecular formula is C17H25ClFNO. The summed E-state index contributed by atoms with van der Waals surface area (Å²) < 4.78 is 19.5. The van der Waals surface area contributed by atoms with Crippen molar-refractivity contribution in [2.24, 2.45) is 5.92 Å². The average Bonchev–Trinajstić information content (AvgIpc) is 2.50. The molecule has 1 aromatic rings. The smallest absolute Gasteiger partial charge is 0.145 e. The predicted molar refractivity (Wildman–Crippen MR) is 85.4 cm³/mol. The Bertz CT molecular complexity index is 435. The van der Waals surface area contributed by atoms with Gasteiger partial charge in [-0.25, -0.2) is 4.39 Å². The molecule has 1 N–H and O–H groups in total. The van der Waals surface area contributed by atoms with Crippen LogP contribution in [0.4, 0.5) is 4.39 Å². The quantitative estimate of drug-likeness (QED) is 0.814. The Morgan fingerprint density at radius 1 is 1.38 bits per heavy atom. The Hall–Kier alpha value is -0.640. The Balaban J connectivity index is 1.99. The molecule has 1 fully saturated rings. The standard InChI is InChI=1S/C17H25ClFNO/c1-2-8-20-15(11-13-6-9-21-10-7-13)12-14-4-3-5-16(18)17(14)19/h3-5,13,15,20H,2,6-12H2,1H3. The van der Waals surface area contributed by atoms with E-state index in [4.69, 9.17) is 16.3 Å². The molecule has 0 spiro atoms. The van der Waals surface area contributed by atoms with Crippen LogP contribution >= 0.6 is 11.6 Å². The number of hydrogen-bond donors (Lipinski definition) is 1. The highest BCUT2D eigenvalue weighted by molar-refractivity contribution is 6.30. The number of halogens is 2. The Morgan fingerprint density at radius 2 is 2.14 bits per heavy atom. The molecule has 1 aliphatic rings. The van der Waals surface area contributed by atoms with Crippen molar-refractivity contribution < 1.29 is 9.13 Å². The van der Waals surface area contributed by atoms with E-state index in [1.807, 2.05) is 12.1 Å². The van der Waals surface area contributed by atoms with Gasteiger partial charge in [0.2, 0.25) is 0 Å². The van der Waals surface area contributed by atoms with Crippen molar-refractivity contribution in [3.05, 3.63) is 34.6 Å². The van der Waals surface area contributed by atoms with Crippen LogP contribution in [0.3, 0.4) is 0 Å². The SMILES string of the molecule is CCCNC(Cc1cccc(Cl)c1F)CC1CCOCC1. The number of ether oxygens (including phenoxy) is 1. The van der Waals surface area contributed by atoms with E-state index < -0.39 is 0 Å². The van der Waals surface area contributed by atoms with Crippen molar-refractivity contribution in [2.75, 3.05) is 19.8 Å². The fraction of sp³-hybridized carbons (Fsp3) is 0.647. The molecule has 0 amide bonds. The van der Waals surface area contributed by atoms with Gasteiger partial charge in [0, 0.05) is 19.3 Å². The zero-order valence-corrected chi connectivity index (χ0v) is 13.5. The van der Waals surface area contributed by atoms with Crippen molar-refractivity contribution >= 4 is 11.6 Å². The number of rotatable bonds is 7. The van der Waals surface area contributed by atoms with E-state index in [-0.39, 0.29) is 10.8 Å². The fourth-order valence-electron chi connectivity index (χ4n) is 2.94. The van der Waals surface area contributed by atoms with E-state index in [9.17, 15) is 4.39 Å². The highest BCUT2D eigenvalue weighted by Gasteiger charge is 2.20. The lowest BCUT2D eigenvalue weighted by molar-refractivity contribution is 0.0605. The maximum absolute atomic E-state index is 14.1. The summed E-state index contributed by atoms with van der Waals surface area (Å²) in [6.45, 7) is 4.84. The van der Waals surface area contributed by atoms with Crippen molar-refractivity contribution in [3.63, 3.8) is 0 Å². The van der Waals surface area contributed by atoms with Crippen molar-refractivity contribution in [1.82, 2.24) is 5.32 Å². The van der Waals surface area contributed by atoms with E-state index in [1.54, 1.807) is 6.07 Å². The van der Waals surface area contributed by atoms with Crippen molar-refractivity contribution in [1.29, 1.82) is 0 Å². The highest BCUT2D eigenvalue weighted by Crippen LogP contribution is 2.24. The minimum absolute atomic E-state index is 0.216. The van der Waals surface area contributed by atoms with E-state index in [0.29, 0.717) is 23.9 Å². The van der Waals surface area contributed by atoms with E-state index in [1.165, 1.54) is 0 Å². The molecular weight excluding hydrogens is 289 g/mol. The zero-order valence-electron chi connectivity index (χ0n) is 12.7. The molecule has 1 atom stereocenters. The monoisotopic (exact) mass is 313 g/mol. The van der Waals surface area contributed by atoms with Gasteiger partial charge in [0.1, 0.15) is 5.82 Å². The predicted octanol–water partition coefficient (Wildman–Crippen LogP) is 4.21. The van der Waals surface area contributed by atoms with E-state index in [0.717, 1.165) is 45.4 Å². The average molecular weight is 314 g/mol. The maximum Gasteiger partial charge on any atom is 0.145 e. The number of benzene rings is 1. The number of hydrogen-bond acceptors (Lipinski definition) is 2.